The lowest BCUT2D eigenvalue weighted by molar-refractivity contribution is -0.384. The number of nitro groups is 1. The third-order valence-corrected chi connectivity index (χ3v) is 4.16. The molecule has 0 heterocycles. The molecule has 0 spiro atoms. The van der Waals surface area contributed by atoms with Crippen molar-refractivity contribution in [2.45, 2.75) is 6.10 Å². The summed E-state index contributed by atoms with van der Waals surface area (Å²) in [5, 5.41) is 21.4. The highest BCUT2D eigenvalue weighted by Crippen LogP contribution is 2.48. The van der Waals surface area contributed by atoms with Gasteiger partial charge < -0.3 is 9.84 Å². The Hall–Kier alpha value is -3.18. The van der Waals surface area contributed by atoms with Crippen LogP contribution in [0.3, 0.4) is 0 Å². The molecule has 3 aromatic carbocycles. The van der Waals surface area contributed by atoms with Crippen LogP contribution in [0.25, 0.3) is 11.1 Å². The van der Waals surface area contributed by atoms with Crippen molar-refractivity contribution in [2.24, 2.45) is 0 Å². The van der Waals surface area contributed by atoms with Crippen LogP contribution in [0, 0.1) is 10.1 Å². The maximum absolute atomic E-state index is 10.7. The number of ether oxygens (including phenoxy) is 1. The van der Waals surface area contributed by atoms with Crippen molar-refractivity contribution in [2.75, 3.05) is 0 Å². The van der Waals surface area contributed by atoms with Crippen LogP contribution < -0.4 is 4.74 Å². The van der Waals surface area contributed by atoms with Crippen molar-refractivity contribution in [3.05, 3.63) is 88.0 Å². The summed E-state index contributed by atoms with van der Waals surface area (Å²) in [5.74, 6) is 1.03. The summed E-state index contributed by atoms with van der Waals surface area (Å²) >= 11 is 0. The second kappa shape index (κ2) is 5.47. The first-order chi connectivity index (χ1) is 11.6. The van der Waals surface area contributed by atoms with Gasteiger partial charge in [-0.05, 0) is 34.9 Å². The van der Waals surface area contributed by atoms with Gasteiger partial charge in [-0.2, -0.15) is 0 Å². The van der Waals surface area contributed by atoms with E-state index >= 15 is 0 Å². The normalized spacial score (nSPS) is 14.8. The van der Waals surface area contributed by atoms with Crippen LogP contribution in [0.1, 0.15) is 17.2 Å². The fourth-order valence-corrected chi connectivity index (χ4v) is 3.05. The highest BCUT2D eigenvalue weighted by Gasteiger charge is 2.29. The average molecular weight is 319 g/mol. The average Bonchev–Trinajstić information content (AvgIpc) is 2.90. The van der Waals surface area contributed by atoms with Gasteiger partial charge in [-0.25, -0.2) is 0 Å². The molecule has 0 bridgehead atoms. The third-order valence-electron chi connectivity index (χ3n) is 4.16. The van der Waals surface area contributed by atoms with Crippen molar-refractivity contribution in [3.8, 4) is 22.6 Å². The number of nitro benzene ring substituents is 1. The quantitative estimate of drug-likeness (QED) is 0.572. The molecule has 0 saturated carbocycles. The monoisotopic (exact) mass is 319 g/mol. The van der Waals surface area contributed by atoms with Crippen molar-refractivity contribution >= 4 is 5.69 Å². The van der Waals surface area contributed by atoms with E-state index in [2.05, 4.69) is 0 Å². The Labute approximate surface area is 137 Å². The SMILES string of the molecule is O=[N+]([O-])c1ccc(Oc2cccc3c2C(O)c2ccccc2-3)cc1. The molecule has 0 radical (unpaired) electrons. The molecule has 1 atom stereocenters. The smallest absolute Gasteiger partial charge is 0.269 e. The number of benzene rings is 3. The number of non-ortho nitro benzene ring substituents is 1. The van der Waals surface area contributed by atoms with Crippen LogP contribution in [-0.2, 0) is 0 Å². The van der Waals surface area contributed by atoms with E-state index in [-0.39, 0.29) is 5.69 Å². The molecule has 1 N–H and O–H groups in total. The van der Waals surface area contributed by atoms with Gasteiger partial charge in [-0.15, -0.1) is 0 Å². The molecule has 0 fully saturated rings. The molecular weight excluding hydrogens is 306 g/mol. The largest absolute Gasteiger partial charge is 0.457 e. The molecule has 1 aliphatic rings. The molecule has 1 unspecified atom stereocenters. The first-order valence-corrected chi connectivity index (χ1v) is 7.48. The minimum Gasteiger partial charge on any atom is -0.457 e. The van der Waals surface area contributed by atoms with Crippen LogP contribution in [0.2, 0.25) is 0 Å². The van der Waals surface area contributed by atoms with Crippen LogP contribution in [0.5, 0.6) is 11.5 Å². The summed E-state index contributed by atoms with van der Waals surface area (Å²) in [6, 6.07) is 19.2. The molecular formula is C19H13NO4. The maximum Gasteiger partial charge on any atom is 0.269 e. The Morgan fingerprint density at radius 3 is 2.38 bits per heavy atom. The Morgan fingerprint density at radius 1 is 0.917 bits per heavy atom. The molecule has 3 aromatic rings. The molecule has 4 rings (SSSR count). The zero-order valence-electron chi connectivity index (χ0n) is 12.5. The Bertz CT molecular complexity index is 934. The van der Waals surface area contributed by atoms with Gasteiger partial charge in [0.15, 0.2) is 0 Å². The van der Waals surface area contributed by atoms with Crippen LogP contribution in [0.4, 0.5) is 5.69 Å². The van der Waals surface area contributed by atoms with Crippen LogP contribution >= 0.6 is 0 Å². The van der Waals surface area contributed by atoms with Gasteiger partial charge >= 0.3 is 0 Å². The van der Waals surface area contributed by atoms with E-state index in [4.69, 9.17) is 4.74 Å². The van der Waals surface area contributed by atoms with E-state index in [1.54, 1.807) is 18.2 Å². The lowest BCUT2D eigenvalue weighted by Crippen LogP contribution is -1.97. The molecule has 1 aliphatic carbocycles. The second-order valence-electron chi connectivity index (χ2n) is 5.56. The number of rotatable bonds is 3. The fourth-order valence-electron chi connectivity index (χ4n) is 3.05. The van der Waals surface area contributed by atoms with Crippen LogP contribution in [-0.4, -0.2) is 10.0 Å². The summed E-state index contributed by atoms with van der Waals surface area (Å²) in [4.78, 5) is 10.3. The van der Waals surface area contributed by atoms with Crippen molar-refractivity contribution in [1.29, 1.82) is 0 Å². The lowest BCUT2D eigenvalue weighted by atomic mass is 10.1. The van der Waals surface area contributed by atoms with Crippen molar-refractivity contribution < 1.29 is 14.8 Å². The van der Waals surface area contributed by atoms with Gasteiger partial charge in [0.1, 0.15) is 17.6 Å². The van der Waals surface area contributed by atoms with E-state index in [1.807, 2.05) is 36.4 Å². The van der Waals surface area contributed by atoms with Crippen molar-refractivity contribution in [3.63, 3.8) is 0 Å². The lowest BCUT2D eigenvalue weighted by Gasteiger charge is -2.13. The van der Waals surface area contributed by atoms with E-state index in [0.29, 0.717) is 11.5 Å². The minimum absolute atomic E-state index is 0.00748. The van der Waals surface area contributed by atoms with Crippen LogP contribution in [0.15, 0.2) is 66.7 Å². The van der Waals surface area contributed by atoms with Gasteiger partial charge in [-0.1, -0.05) is 36.4 Å². The number of nitrogens with zero attached hydrogens (tertiary/aromatic N) is 1. The molecule has 0 aromatic heterocycles. The Morgan fingerprint density at radius 2 is 1.62 bits per heavy atom. The summed E-state index contributed by atoms with van der Waals surface area (Å²) in [6.07, 6.45) is -0.745. The topological polar surface area (TPSA) is 72.6 Å². The number of hydrogen-bond acceptors (Lipinski definition) is 4. The molecule has 24 heavy (non-hydrogen) atoms. The standard InChI is InChI=1S/C19H13NO4/c21-19-16-5-2-1-4-14(16)15-6-3-7-17(18(15)19)24-13-10-8-12(9-11-13)20(22)23/h1-11,19,21H. The van der Waals surface area contributed by atoms with Gasteiger partial charge in [-0.3, -0.25) is 10.1 Å². The number of aliphatic hydroxyl groups is 1. The van der Waals surface area contributed by atoms with Gasteiger partial charge in [0.2, 0.25) is 0 Å². The predicted octanol–water partition coefficient (Wildman–Crippen LogP) is 4.45. The first-order valence-electron chi connectivity index (χ1n) is 7.48. The summed E-state index contributed by atoms with van der Waals surface area (Å²) in [7, 11) is 0. The van der Waals surface area contributed by atoms with E-state index in [9.17, 15) is 15.2 Å². The van der Waals surface area contributed by atoms with Gasteiger partial charge in [0, 0.05) is 17.7 Å². The van der Waals surface area contributed by atoms with E-state index in [1.165, 1.54) is 12.1 Å². The fraction of sp³-hybridized carbons (Fsp3) is 0.0526. The van der Waals surface area contributed by atoms with E-state index in [0.717, 1.165) is 22.3 Å². The number of hydrogen-bond donors (Lipinski definition) is 1. The Kier molecular flexibility index (Phi) is 3.29. The molecule has 5 heteroatoms. The highest BCUT2D eigenvalue weighted by atomic mass is 16.6. The van der Waals surface area contributed by atoms with Crippen molar-refractivity contribution in [1.82, 2.24) is 0 Å². The first kappa shape index (κ1) is 14.4. The third kappa shape index (κ3) is 2.23. The number of aliphatic hydroxyl groups excluding tert-OH is 1. The zero-order chi connectivity index (χ0) is 16.7. The maximum atomic E-state index is 10.7. The summed E-state index contributed by atoms with van der Waals surface area (Å²) < 4.78 is 5.87. The Balaban J connectivity index is 1.73. The predicted molar refractivity (Wildman–Crippen MR) is 89.1 cm³/mol. The molecule has 118 valence electrons. The summed E-state index contributed by atoms with van der Waals surface area (Å²) in [6.45, 7) is 0. The minimum atomic E-state index is -0.745. The molecule has 5 nitrogen and oxygen atoms in total. The zero-order valence-corrected chi connectivity index (χ0v) is 12.5. The second-order valence-corrected chi connectivity index (χ2v) is 5.56. The molecule has 0 aliphatic heterocycles. The summed E-state index contributed by atoms with van der Waals surface area (Å²) in [5.41, 5.74) is 3.52. The number of fused-ring (bicyclic) bond motifs is 3. The molecule has 0 saturated heterocycles. The van der Waals surface area contributed by atoms with Gasteiger partial charge in [0.05, 0.1) is 4.92 Å². The van der Waals surface area contributed by atoms with E-state index < -0.39 is 11.0 Å². The highest BCUT2D eigenvalue weighted by molar-refractivity contribution is 5.80. The molecule has 0 amide bonds. The van der Waals surface area contributed by atoms with Gasteiger partial charge in [0.25, 0.3) is 5.69 Å².